The number of esters is 2. The van der Waals surface area contributed by atoms with Crippen LogP contribution in [0.4, 0.5) is 0 Å². The maximum Gasteiger partial charge on any atom is 0.337 e. The van der Waals surface area contributed by atoms with Gasteiger partial charge in [-0.15, -0.1) is 0 Å². The first-order valence-corrected chi connectivity index (χ1v) is 12.5. The summed E-state index contributed by atoms with van der Waals surface area (Å²) in [5.41, 5.74) is 0.518. The average Bonchev–Trinajstić information content (AvgIpc) is 2.74. The van der Waals surface area contributed by atoms with Crippen molar-refractivity contribution < 1.29 is 23.9 Å². The molecule has 0 aliphatic rings. The minimum Gasteiger partial charge on any atom is -0.465 e. The summed E-state index contributed by atoms with van der Waals surface area (Å²) in [4.78, 5) is 42.5. The lowest BCUT2D eigenvalue weighted by atomic mass is 9.81. The van der Waals surface area contributed by atoms with E-state index in [-0.39, 0.29) is 24.2 Å². The first kappa shape index (κ1) is 30.2. The number of benzene rings is 1. The molecule has 0 radical (unpaired) electrons. The Morgan fingerprint density at radius 3 is 1.89 bits per heavy atom. The number of rotatable bonds is 12. The number of amides is 1. The van der Waals surface area contributed by atoms with Gasteiger partial charge in [0.05, 0.1) is 24.5 Å². The average molecular weight is 489 g/mol. The van der Waals surface area contributed by atoms with E-state index in [1.807, 2.05) is 62.9 Å². The van der Waals surface area contributed by atoms with Crippen molar-refractivity contribution in [2.45, 2.75) is 74.3 Å². The van der Waals surface area contributed by atoms with E-state index in [0.717, 1.165) is 5.56 Å². The van der Waals surface area contributed by atoms with E-state index in [1.165, 1.54) is 0 Å². The van der Waals surface area contributed by atoms with E-state index in [0.29, 0.717) is 25.2 Å². The highest BCUT2D eigenvalue weighted by molar-refractivity contribution is 6.12. The summed E-state index contributed by atoms with van der Waals surface area (Å²) in [6.07, 6.45) is 0.668. The zero-order valence-electron chi connectivity index (χ0n) is 23.0. The SMILES string of the molecule is CCOC(=O)/C(=C(\c1ccccc1)N(CC)CC)C(C(=O)NC(C)(C)CC(C)(C)C)C(=O)OCC. The summed E-state index contributed by atoms with van der Waals surface area (Å²) in [6, 6.07) is 9.30. The van der Waals surface area contributed by atoms with Gasteiger partial charge in [-0.3, -0.25) is 9.59 Å². The second-order valence-corrected chi connectivity index (χ2v) is 10.3. The minimum absolute atomic E-state index is 0.00995. The quantitative estimate of drug-likeness (QED) is 0.258. The number of hydrogen-bond acceptors (Lipinski definition) is 6. The maximum absolute atomic E-state index is 13.8. The van der Waals surface area contributed by atoms with Crippen molar-refractivity contribution in [3.63, 3.8) is 0 Å². The van der Waals surface area contributed by atoms with Gasteiger partial charge in [0.2, 0.25) is 5.91 Å². The molecule has 0 aliphatic carbocycles. The fraction of sp³-hybridized carbons (Fsp3) is 0.607. The summed E-state index contributed by atoms with van der Waals surface area (Å²) >= 11 is 0. The molecule has 196 valence electrons. The molecule has 0 spiro atoms. The molecule has 0 heterocycles. The van der Waals surface area contributed by atoms with Crippen LogP contribution in [0.3, 0.4) is 0 Å². The van der Waals surface area contributed by atoms with Crippen molar-refractivity contribution in [3.8, 4) is 0 Å². The van der Waals surface area contributed by atoms with Gasteiger partial charge in [-0.1, -0.05) is 51.1 Å². The van der Waals surface area contributed by atoms with Gasteiger partial charge in [0, 0.05) is 18.6 Å². The highest BCUT2D eigenvalue weighted by Crippen LogP contribution is 2.32. The van der Waals surface area contributed by atoms with Gasteiger partial charge in [-0.2, -0.15) is 0 Å². The number of nitrogens with one attached hydrogen (secondary N) is 1. The van der Waals surface area contributed by atoms with Crippen LogP contribution >= 0.6 is 0 Å². The van der Waals surface area contributed by atoms with Crippen LogP contribution in [0.5, 0.6) is 0 Å². The third kappa shape index (κ3) is 9.04. The van der Waals surface area contributed by atoms with Crippen LogP contribution in [-0.2, 0) is 23.9 Å². The first-order chi connectivity index (χ1) is 16.3. The van der Waals surface area contributed by atoms with Gasteiger partial charge < -0.3 is 19.7 Å². The van der Waals surface area contributed by atoms with Crippen LogP contribution in [0.15, 0.2) is 35.9 Å². The third-order valence-corrected chi connectivity index (χ3v) is 5.38. The minimum atomic E-state index is -1.48. The van der Waals surface area contributed by atoms with Crippen LogP contribution < -0.4 is 5.32 Å². The van der Waals surface area contributed by atoms with Crippen molar-refractivity contribution >= 4 is 23.5 Å². The number of nitrogens with zero attached hydrogens (tertiary/aromatic N) is 1. The Hall–Kier alpha value is -2.83. The van der Waals surface area contributed by atoms with Crippen LogP contribution in [0.25, 0.3) is 5.70 Å². The lowest BCUT2D eigenvalue weighted by Crippen LogP contribution is -2.51. The third-order valence-electron chi connectivity index (χ3n) is 5.38. The molecule has 0 saturated carbocycles. The smallest absolute Gasteiger partial charge is 0.337 e. The molecule has 1 atom stereocenters. The monoisotopic (exact) mass is 488 g/mol. The van der Waals surface area contributed by atoms with Gasteiger partial charge in [0.25, 0.3) is 0 Å². The zero-order chi connectivity index (χ0) is 26.8. The Morgan fingerprint density at radius 2 is 1.43 bits per heavy atom. The van der Waals surface area contributed by atoms with Crippen molar-refractivity contribution in [1.29, 1.82) is 0 Å². The Labute approximate surface area is 211 Å². The van der Waals surface area contributed by atoms with Gasteiger partial charge in [-0.25, -0.2) is 4.79 Å². The number of carbonyl (C=O) groups is 3. The van der Waals surface area contributed by atoms with Crippen molar-refractivity contribution in [2.75, 3.05) is 26.3 Å². The van der Waals surface area contributed by atoms with Crippen LogP contribution in [-0.4, -0.2) is 54.6 Å². The molecule has 1 amide bonds. The number of carbonyl (C=O) groups excluding carboxylic acids is 3. The molecule has 1 aromatic carbocycles. The standard InChI is InChI=1S/C28H44N2O5/c1-10-30(11-2)23(20-17-15-14-16-18-20)21(25(32)34-12-3)22(26(33)35-13-4)24(31)29-28(8,9)19-27(5,6)7/h14-18,22H,10-13,19H2,1-9H3,(H,29,31)/b23-21+. The van der Waals surface area contributed by atoms with E-state index in [1.54, 1.807) is 13.8 Å². The normalized spacial score (nSPS) is 13.4. The van der Waals surface area contributed by atoms with Crippen LogP contribution in [0.1, 0.15) is 74.3 Å². The maximum atomic E-state index is 13.8. The Balaban J connectivity index is 3.87. The largest absolute Gasteiger partial charge is 0.465 e. The molecule has 1 rings (SSSR count). The summed E-state index contributed by atoms with van der Waals surface area (Å²) < 4.78 is 10.7. The number of ether oxygens (including phenoxy) is 2. The van der Waals surface area contributed by atoms with Crippen molar-refractivity contribution in [3.05, 3.63) is 41.5 Å². The molecule has 7 nitrogen and oxygen atoms in total. The number of hydrogen-bond donors (Lipinski definition) is 1. The Kier molecular flexibility index (Phi) is 11.5. The van der Waals surface area contributed by atoms with E-state index in [9.17, 15) is 14.4 Å². The summed E-state index contributed by atoms with van der Waals surface area (Å²) in [6.45, 7) is 18.7. The van der Waals surface area contributed by atoms with Crippen LogP contribution in [0.2, 0.25) is 0 Å². The van der Waals surface area contributed by atoms with Crippen molar-refractivity contribution in [1.82, 2.24) is 10.2 Å². The predicted molar refractivity (Wildman–Crippen MR) is 139 cm³/mol. The Morgan fingerprint density at radius 1 is 0.886 bits per heavy atom. The molecule has 1 N–H and O–H groups in total. The highest BCUT2D eigenvalue weighted by atomic mass is 16.5. The first-order valence-electron chi connectivity index (χ1n) is 12.5. The fourth-order valence-corrected chi connectivity index (χ4v) is 4.56. The molecule has 1 aromatic rings. The molecule has 0 saturated heterocycles. The van der Waals surface area contributed by atoms with Gasteiger partial charge >= 0.3 is 11.9 Å². The molecule has 0 aromatic heterocycles. The second kappa shape index (κ2) is 13.3. The molecule has 0 fully saturated rings. The topological polar surface area (TPSA) is 84.9 Å². The Bertz CT molecular complexity index is 880. The molecule has 0 bridgehead atoms. The molecule has 7 heteroatoms. The molecular weight excluding hydrogens is 444 g/mol. The molecular formula is C28H44N2O5. The molecule has 0 aliphatic heterocycles. The lowest BCUT2D eigenvalue weighted by molar-refractivity contribution is -0.154. The molecule has 35 heavy (non-hydrogen) atoms. The summed E-state index contributed by atoms with van der Waals surface area (Å²) in [5, 5.41) is 3.01. The van der Waals surface area contributed by atoms with Crippen molar-refractivity contribution in [2.24, 2.45) is 11.3 Å². The van der Waals surface area contributed by atoms with Gasteiger partial charge in [0.1, 0.15) is 0 Å². The van der Waals surface area contributed by atoms with E-state index in [2.05, 4.69) is 26.1 Å². The van der Waals surface area contributed by atoms with Gasteiger partial charge in [-0.05, 0) is 58.9 Å². The summed E-state index contributed by atoms with van der Waals surface area (Å²) in [7, 11) is 0. The predicted octanol–water partition coefficient (Wildman–Crippen LogP) is 4.81. The zero-order valence-corrected chi connectivity index (χ0v) is 23.0. The van der Waals surface area contributed by atoms with E-state index in [4.69, 9.17) is 9.47 Å². The second-order valence-electron chi connectivity index (χ2n) is 10.3. The van der Waals surface area contributed by atoms with E-state index < -0.39 is 29.3 Å². The highest BCUT2D eigenvalue weighted by Gasteiger charge is 2.42. The van der Waals surface area contributed by atoms with Crippen LogP contribution in [0, 0.1) is 11.3 Å². The summed E-state index contributed by atoms with van der Waals surface area (Å²) in [5.74, 6) is -3.55. The van der Waals surface area contributed by atoms with Gasteiger partial charge in [0.15, 0.2) is 5.92 Å². The lowest BCUT2D eigenvalue weighted by Gasteiger charge is -2.35. The fourth-order valence-electron chi connectivity index (χ4n) is 4.56. The van der Waals surface area contributed by atoms with E-state index >= 15 is 0 Å². The molecule has 1 unspecified atom stereocenters.